The van der Waals surface area contributed by atoms with Gasteiger partial charge >= 0.3 is 0 Å². The van der Waals surface area contributed by atoms with Gasteiger partial charge in [-0.05, 0) is 52.3 Å². The van der Waals surface area contributed by atoms with E-state index in [4.69, 9.17) is 0 Å². The molecule has 1 nitrogen and oxygen atoms in total. The summed E-state index contributed by atoms with van der Waals surface area (Å²) in [5, 5.41) is 9.38. The van der Waals surface area contributed by atoms with Crippen LogP contribution in [-0.4, -0.2) is 5.11 Å². The maximum atomic E-state index is 9.38. The average molecular weight is 302 g/mol. The standard InChI is InChI=1S/C22H22O/c1-3-16(2)17-4-6-18(7-5-17)19-8-10-20(11-9-19)21-12-14-22(23)15-13-21/h4-16,23H,3H2,1-2H3. The molecule has 0 heterocycles. The van der Waals surface area contributed by atoms with E-state index in [9.17, 15) is 5.11 Å². The molecule has 116 valence electrons. The first-order valence-corrected chi connectivity index (χ1v) is 8.17. The summed E-state index contributed by atoms with van der Waals surface area (Å²) >= 11 is 0. The fourth-order valence-corrected chi connectivity index (χ4v) is 2.75. The van der Waals surface area contributed by atoms with Gasteiger partial charge in [0, 0.05) is 0 Å². The van der Waals surface area contributed by atoms with Crippen LogP contribution in [0.25, 0.3) is 22.3 Å². The van der Waals surface area contributed by atoms with Crippen LogP contribution in [-0.2, 0) is 0 Å². The van der Waals surface area contributed by atoms with Crippen LogP contribution in [0.3, 0.4) is 0 Å². The maximum absolute atomic E-state index is 9.38. The van der Waals surface area contributed by atoms with E-state index < -0.39 is 0 Å². The largest absolute Gasteiger partial charge is 0.508 e. The van der Waals surface area contributed by atoms with Crippen molar-refractivity contribution in [1.29, 1.82) is 0 Å². The Hall–Kier alpha value is -2.54. The highest BCUT2D eigenvalue weighted by atomic mass is 16.3. The summed E-state index contributed by atoms with van der Waals surface area (Å²) in [6.07, 6.45) is 1.17. The molecule has 0 aromatic heterocycles. The second kappa shape index (κ2) is 6.70. The summed E-state index contributed by atoms with van der Waals surface area (Å²) in [5.74, 6) is 0.910. The molecule has 3 rings (SSSR count). The SMILES string of the molecule is CCC(C)c1ccc(-c2ccc(-c3ccc(O)cc3)cc2)cc1. The Morgan fingerprint density at radius 2 is 1.00 bits per heavy atom. The number of phenolic OH excluding ortho intramolecular Hbond substituents is 1. The van der Waals surface area contributed by atoms with Crippen LogP contribution in [0.5, 0.6) is 5.75 Å². The number of benzene rings is 3. The zero-order valence-corrected chi connectivity index (χ0v) is 13.7. The maximum Gasteiger partial charge on any atom is 0.115 e. The Labute approximate surface area is 138 Å². The van der Waals surface area contributed by atoms with Crippen LogP contribution < -0.4 is 0 Å². The van der Waals surface area contributed by atoms with Gasteiger partial charge in [0.05, 0.1) is 0 Å². The molecule has 0 aliphatic carbocycles. The Bertz CT molecular complexity index is 753. The molecule has 0 bridgehead atoms. The molecule has 1 heteroatoms. The molecule has 3 aromatic carbocycles. The molecule has 0 spiro atoms. The normalized spacial score (nSPS) is 12.1. The number of aromatic hydroxyl groups is 1. The van der Waals surface area contributed by atoms with Gasteiger partial charge in [-0.3, -0.25) is 0 Å². The van der Waals surface area contributed by atoms with Crippen molar-refractivity contribution >= 4 is 0 Å². The predicted molar refractivity (Wildman–Crippen MR) is 97.7 cm³/mol. The van der Waals surface area contributed by atoms with Gasteiger partial charge in [0.15, 0.2) is 0 Å². The number of rotatable bonds is 4. The summed E-state index contributed by atoms with van der Waals surface area (Å²) < 4.78 is 0. The minimum Gasteiger partial charge on any atom is -0.508 e. The summed E-state index contributed by atoms with van der Waals surface area (Å²) in [6.45, 7) is 4.49. The van der Waals surface area contributed by atoms with E-state index in [1.165, 1.54) is 23.1 Å². The van der Waals surface area contributed by atoms with Gasteiger partial charge in [-0.25, -0.2) is 0 Å². The van der Waals surface area contributed by atoms with Crippen LogP contribution in [0.4, 0.5) is 0 Å². The molecule has 0 saturated heterocycles. The summed E-state index contributed by atoms with van der Waals surface area (Å²) in [5.41, 5.74) is 6.14. The smallest absolute Gasteiger partial charge is 0.115 e. The highest BCUT2D eigenvalue weighted by Crippen LogP contribution is 2.27. The van der Waals surface area contributed by atoms with Gasteiger partial charge in [0.2, 0.25) is 0 Å². The van der Waals surface area contributed by atoms with Crippen LogP contribution in [0.2, 0.25) is 0 Å². The fourth-order valence-electron chi connectivity index (χ4n) is 2.75. The first-order chi connectivity index (χ1) is 11.2. The van der Waals surface area contributed by atoms with E-state index in [-0.39, 0.29) is 0 Å². The van der Waals surface area contributed by atoms with Crippen LogP contribution in [0.15, 0.2) is 72.8 Å². The molecule has 0 fully saturated rings. The Kier molecular flexibility index (Phi) is 4.47. The summed E-state index contributed by atoms with van der Waals surface area (Å²) in [6, 6.07) is 24.8. The highest BCUT2D eigenvalue weighted by molar-refractivity contribution is 5.70. The summed E-state index contributed by atoms with van der Waals surface area (Å²) in [4.78, 5) is 0. The quantitative estimate of drug-likeness (QED) is 0.605. The molecule has 0 aliphatic heterocycles. The molecule has 1 N–H and O–H groups in total. The van der Waals surface area contributed by atoms with E-state index in [1.807, 2.05) is 12.1 Å². The van der Waals surface area contributed by atoms with Crippen molar-refractivity contribution in [2.45, 2.75) is 26.2 Å². The molecule has 1 atom stereocenters. The van der Waals surface area contributed by atoms with Gasteiger partial charge in [0.1, 0.15) is 5.75 Å². The van der Waals surface area contributed by atoms with E-state index in [0.717, 1.165) is 11.1 Å². The van der Waals surface area contributed by atoms with Crippen molar-refractivity contribution in [3.8, 4) is 28.0 Å². The Morgan fingerprint density at radius 1 is 0.652 bits per heavy atom. The lowest BCUT2D eigenvalue weighted by atomic mass is 9.95. The van der Waals surface area contributed by atoms with Crippen LogP contribution in [0, 0.1) is 0 Å². The lowest BCUT2D eigenvalue weighted by Crippen LogP contribution is -1.90. The van der Waals surface area contributed by atoms with E-state index in [1.54, 1.807) is 12.1 Å². The molecular weight excluding hydrogens is 280 g/mol. The van der Waals surface area contributed by atoms with Crippen molar-refractivity contribution in [3.05, 3.63) is 78.4 Å². The fraction of sp³-hybridized carbons (Fsp3) is 0.182. The number of hydrogen-bond acceptors (Lipinski definition) is 1. The van der Waals surface area contributed by atoms with Crippen molar-refractivity contribution in [2.75, 3.05) is 0 Å². The van der Waals surface area contributed by atoms with Crippen molar-refractivity contribution in [1.82, 2.24) is 0 Å². The van der Waals surface area contributed by atoms with Crippen LogP contribution in [0.1, 0.15) is 31.7 Å². The Morgan fingerprint density at radius 3 is 1.39 bits per heavy atom. The van der Waals surface area contributed by atoms with Gasteiger partial charge in [0.25, 0.3) is 0 Å². The molecule has 1 unspecified atom stereocenters. The second-order valence-electron chi connectivity index (χ2n) is 6.06. The molecule has 3 aromatic rings. The van der Waals surface area contributed by atoms with Crippen LogP contribution >= 0.6 is 0 Å². The second-order valence-corrected chi connectivity index (χ2v) is 6.06. The summed E-state index contributed by atoms with van der Waals surface area (Å²) in [7, 11) is 0. The zero-order chi connectivity index (χ0) is 16.2. The predicted octanol–water partition coefficient (Wildman–Crippen LogP) is 6.24. The third-order valence-electron chi connectivity index (χ3n) is 4.51. The minimum atomic E-state index is 0.298. The number of hydrogen-bond donors (Lipinski definition) is 1. The lowest BCUT2D eigenvalue weighted by Gasteiger charge is -2.10. The van der Waals surface area contributed by atoms with Crippen molar-refractivity contribution in [2.24, 2.45) is 0 Å². The first-order valence-electron chi connectivity index (χ1n) is 8.17. The highest BCUT2D eigenvalue weighted by Gasteiger charge is 2.04. The number of phenols is 1. The van der Waals surface area contributed by atoms with Gasteiger partial charge < -0.3 is 5.11 Å². The third-order valence-corrected chi connectivity index (χ3v) is 4.51. The average Bonchev–Trinajstić information content (AvgIpc) is 2.62. The van der Waals surface area contributed by atoms with Gasteiger partial charge in [-0.1, -0.05) is 74.5 Å². The topological polar surface area (TPSA) is 20.2 Å². The molecule has 0 radical (unpaired) electrons. The minimum absolute atomic E-state index is 0.298. The van der Waals surface area contributed by atoms with Gasteiger partial charge in [-0.15, -0.1) is 0 Å². The van der Waals surface area contributed by atoms with Crippen molar-refractivity contribution < 1.29 is 5.11 Å². The van der Waals surface area contributed by atoms with E-state index in [2.05, 4.69) is 62.4 Å². The van der Waals surface area contributed by atoms with E-state index in [0.29, 0.717) is 11.7 Å². The molecular formula is C22H22O. The lowest BCUT2D eigenvalue weighted by molar-refractivity contribution is 0.475. The zero-order valence-electron chi connectivity index (χ0n) is 13.7. The van der Waals surface area contributed by atoms with Gasteiger partial charge in [-0.2, -0.15) is 0 Å². The Balaban J connectivity index is 1.83. The molecule has 23 heavy (non-hydrogen) atoms. The monoisotopic (exact) mass is 302 g/mol. The third kappa shape index (κ3) is 3.45. The molecule has 0 aliphatic rings. The van der Waals surface area contributed by atoms with Crippen molar-refractivity contribution in [3.63, 3.8) is 0 Å². The van der Waals surface area contributed by atoms with E-state index >= 15 is 0 Å². The molecule has 0 amide bonds. The molecule has 0 saturated carbocycles. The first kappa shape index (κ1) is 15.4.